The second kappa shape index (κ2) is 8.31. The number of halogens is 1. The van der Waals surface area contributed by atoms with E-state index in [1.54, 1.807) is 23.1 Å². The van der Waals surface area contributed by atoms with Crippen LogP contribution in [0.5, 0.6) is 0 Å². The number of anilines is 1. The largest absolute Gasteiger partial charge is 0.352 e. The van der Waals surface area contributed by atoms with Gasteiger partial charge >= 0.3 is 0 Å². The van der Waals surface area contributed by atoms with Crippen molar-refractivity contribution in [3.63, 3.8) is 0 Å². The van der Waals surface area contributed by atoms with Gasteiger partial charge in [0.2, 0.25) is 11.8 Å². The van der Waals surface area contributed by atoms with E-state index in [1.165, 1.54) is 6.07 Å². The highest BCUT2D eigenvalue weighted by Crippen LogP contribution is 2.48. The first-order chi connectivity index (χ1) is 12.9. The number of amides is 2. The van der Waals surface area contributed by atoms with Gasteiger partial charge in [-0.1, -0.05) is 30.3 Å². The van der Waals surface area contributed by atoms with Crippen molar-refractivity contribution in [2.45, 2.75) is 18.9 Å². The number of nitrogens with zero attached hydrogens (tertiary/aromatic N) is 1. The fourth-order valence-corrected chi connectivity index (χ4v) is 3.17. The minimum absolute atomic E-state index is 0.0390. The van der Waals surface area contributed by atoms with Crippen molar-refractivity contribution < 1.29 is 14.0 Å². The Hall–Kier alpha value is -2.73. The molecule has 0 aliphatic heterocycles. The number of nitrogens with one attached hydrogen (secondary N) is 2. The molecule has 0 saturated heterocycles. The quantitative estimate of drug-likeness (QED) is 0.789. The minimum atomic E-state index is -0.251. The molecule has 1 aliphatic carbocycles. The van der Waals surface area contributed by atoms with Crippen molar-refractivity contribution in [3.8, 4) is 0 Å². The number of hydrogen-bond donors (Lipinski definition) is 2. The summed E-state index contributed by atoms with van der Waals surface area (Å²) in [7, 11) is 3.66. The van der Waals surface area contributed by atoms with Crippen LogP contribution in [-0.2, 0) is 16.1 Å². The van der Waals surface area contributed by atoms with Gasteiger partial charge in [0.1, 0.15) is 5.82 Å². The Kier molecular flexibility index (Phi) is 5.86. The highest BCUT2D eigenvalue weighted by atomic mass is 19.1. The summed E-state index contributed by atoms with van der Waals surface area (Å²) >= 11 is 0. The molecule has 1 fully saturated rings. The topological polar surface area (TPSA) is 61.4 Å². The molecule has 2 atom stereocenters. The van der Waals surface area contributed by atoms with Crippen molar-refractivity contribution in [2.75, 3.05) is 26.0 Å². The molecule has 0 radical (unpaired) electrons. The molecule has 6 heteroatoms. The molecule has 0 bridgehead atoms. The van der Waals surface area contributed by atoms with Crippen molar-refractivity contribution in [2.24, 2.45) is 5.92 Å². The monoisotopic (exact) mass is 369 g/mol. The standard InChI is InChI=1S/C21H24FN3O2/c1-25(2)13-20(26)24-15-7-5-6-14(10-15)12-23-21(27)18-11-17(18)16-8-3-4-9-19(16)22/h3-10,17-18H,11-13H2,1-2H3,(H,23,27)(H,24,26). The van der Waals surface area contributed by atoms with Crippen LogP contribution in [0.4, 0.5) is 10.1 Å². The molecule has 2 aromatic rings. The first kappa shape index (κ1) is 19.0. The Balaban J connectivity index is 1.52. The third-order valence-corrected chi connectivity index (χ3v) is 4.57. The van der Waals surface area contributed by atoms with Crippen molar-refractivity contribution in [3.05, 3.63) is 65.5 Å². The second-order valence-corrected chi connectivity index (χ2v) is 7.17. The summed E-state index contributed by atoms with van der Waals surface area (Å²) in [4.78, 5) is 26.0. The third-order valence-electron chi connectivity index (χ3n) is 4.57. The molecular weight excluding hydrogens is 345 g/mol. The lowest BCUT2D eigenvalue weighted by atomic mass is 10.1. The van der Waals surface area contributed by atoms with Gasteiger partial charge in [-0.3, -0.25) is 9.59 Å². The van der Waals surface area contributed by atoms with E-state index in [1.807, 2.05) is 38.4 Å². The van der Waals surface area contributed by atoms with Gasteiger partial charge in [-0.05, 0) is 55.8 Å². The zero-order valence-corrected chi connectivity index (χ0v) is 15.5. The van der Waals surface area contributed by atoms with Crippen LogP contribution in [0.15, 0.2) is 48.5 Å². The smallest absolute Gasteiger partial charge is 0.238 e. The maximum absolute atomic E-state index is 13.8. The Labute approximate surface area is 158 Å². The van der Waals surface area contributed by atoms with Gasteiger partial charge in [0, 0.05) is 18.2 Å². The predicted molar refractivity (Wildman–Crippen MR) is 103 cm³/mol. The van der Waals surface area contributed by atoms with E-state index in [0.717, 1.165) is 5.56 Å². The number of likely N-dealkylation sites (N-methyl/N-ethyl adjacent to an activating group) is 1. The third kappa shape index (κ3) is 5.14. The first-order valence-corrected chi connectivity index (χ1v) is 8.99. The van der Waals surface area contributed by atoms with Crippen LogP contribution in [0.1, 0.15) is 23.5 Å². The lowest BCUT2D eigenvalue weighted by Crippen LogP contribution is -2.27. The van der Waals surface area contributed by atoms with Crippen LogP contribution in [-0.4, -0.2) is 37.4 Å². The fourth-order valence-electron chi connectivity index (χ4n) is 3.17. The summed E-state index contributed by atoms with van der Waals surface area (Å²) < 4.78 is 13.8. The van der Waals surface area contributed by atoms with E-state index in [2.05, 4.69) is 10.6 Å². The van der Waals surface area contributed by atoms with Gasteiger partial charge in [0.25, 0.3) is 0 Å². The molecule has 2 aromatic carbocycles. The molecule has 0 aromatic heterocycles. The second-order valence-electron chi connectivity index (χ2n) is 7.17. The zero-order valence-electron chi connectivity index (χ0n) is 15.5. The first-order valence-electron chi connectivity index (χ1n) is 8.99. The van der Waals surface area contributed by atoms with Crippen LogP contribution < -0.4 is 10.6 Å². The minimum Gasteiger partial charge on any atom is -0.352 e. The molecule has 27 heavy (non-hydrogen) atoms. The molecule has 2 N–H and O–H groups in total. The number of benzene rings is 2. The van der Waals surface area contributed by atoms with Crippen molar-refractivity contribution in [1.29, 1.82) is 0 Å². The maximum atomic E-state index is 13.8. The zero-order chi connectivity index (χ0) is 19.4. The van der Waals surface area contributed by atoms with Crippen LogP contribution in [0, 0.1) is 11.7 Å². The average molecular weight is 369 g/mol. The van der Waals surface area contributed by atoms with E-state index in [9.17, 15) is 14.0 Å². The maximum Gasteiger partial charge on any atom is 0.238 e. The molecule has 0 spiro atoms. The molecule has 0 heterocycles. The average Bonchev–Trinajstić information content (AvgIpc) is 3.40. The van der Waals surface area contributed by atoms with Gasteiger partial charge in [0.15, 0.2) is 0 Å². The highest BCUT2D eigenvalue weighted by Gasteiger charge is 2.44. The predicted octanol–water partition coefficient (Wildman–Crippen LogP) is 2.75. The van der Waals surface area contributed by atoms with Crippen LogP contribution in [0.3, 0.4) is 0 Å². The summed E-state index contributed by atoms with van der Waals surface area (Å²) in [6, 6.07) is 14.0. The summed E-state index contributed by atoms with van der Waals surface area (Å²) in [6.45, 7) is 0.677. The number of carbonyl (C=O) groups excluding carboxylic acids is 2. The van der Waals surface area contributed by atoms with Gasteiger partial charge in [-0.25, -0.2) is 4.39 Å². The fraction of sp³-hybridized carbons (Fsp3) is 0.333. The lowest BCUT2D eigenvalue weighted by Gasteiger charge is -2.11. The van der Waals surface area contributed by atoms with Crippen molar-refractivity contribution >= 4 is 17.5 Å². The SMILES string of the molecule is CN(C)CC(=O)Nc1cccc(CNC(=O)C2CC2c2ccccc2F)c1. The molecule has 2 unspecified atom stereocenters. The van der Waals surface area contributed by atoms with E-state index in [-0.39, 0.29) is 29.5 Å². The van der Waals surface area contributed by atoms with Crippen LogP contribution in [0.25, 0.3) is 0 Å². The van der Waals surface area contributed by atoms with Gasteiger partial charge < -0.3 is 15.5 Å². The Morgan fingerprint density at radius 1 is 1.15 bits per heavy atom. The summed E-state index contributed by atoms with van der Waals surface area (Å²) in [6.07, 6.45) is 0.674. The highest BCUT2D eigenvalue weighted by molar-refractivity contribution is 5.92. The molecule has 2 amide bonds. The Morgan fingerprint density at radius 3 is 2.67 bits per heavy atom. The number of rotatable bonds is 7. The Morgan fingerprint density at radius 2 is 1.93 bits per heavy atom. The molecular formula is C21H24FN3O2. The van der Waals surface area contributed by atoms with Crippen LogP contribution in [0.2, 0.25) is 0 Å². The van der Waals surface area contributed by atoms with Gasteiger partial charge in [-0.15, -0.1) is 0 Å². The van der Waals surface area contributed by atoms with Gasteiger partial charge in [0.05, 0.1) is 6.54 Å². The van der Waals surface area contributed by atoms with E-state index in [4.69, 9.17) is 0 Å². The van der Waals surface area contributed by atoms with E-state index in [0.29, 0.717) is 30.8 Å². The lowest BCUT2D eigenvalue weighted by molar-refractivity contribution is -0.122. The molecule has 5 nitrogen and oxygen atoms in total. The molecule has 142 valence electrons. The molecule has 1 aliphatic rings. The Bertz CT molecular complexity index is 838. The summed E-state index contributed by atoms with van der Waals surface area (Å²) in [5.41, 5.74) is 2.21. The van der Waals surface area contributed by atoms with Gasteiger partial charge in [-0.2, -0.15) is 0 Å². The normalized spacial score (nSPS) is 18.2. The molecule has 1 saturated carbocycles. The van der Waals surface area contributed by atoms with E-state index < -0.39 is 0 Å². The summed E-state index contributed by atoms with van der Waals surface area (Å²) in [5, 5.41) is 5.75. The number of hydrogen-bond acceptors (Lipinski definition) is 3. The van der Waals surface area contributed by atoms with E-state index >= 15 is 0 Å². The summed E-state index contributed by atoms with van der Waals surface area (Å²) in [5.74, 6) is -0.621. The van der Waals surface area contributed by atoms with Crippen LogP contribution >= 0.6 is 0 Å². The molecule has 3 rings (SSSR count). The van der Waals surface area contributed by atoms with Crippen molar-refractivity contribution in [1.82, 2.24) is 10.2 Å². The number of carbonyl (C=O) groups is 2.